The van der Waals surface area contributed by atoms with E-state index < -0.39 is 35.8 Å². The Morgan fingerprint density at radius 1 is 1.27 bits per heavy atom. The van der Waals surface area contributed by atoms with Crippen LogP contribution in [-0.4, -0.2) is 77.8 Å². The zero-order valence-corrected chi connectivity index (χ0v) is 15.3. The van der Waals surface area contributed by atoms with Gasteiger partial charge in [0.2, 0.25) is 11.8 Å². The van der Waals surface area contributed by atoms with Crippen LogP contribution in [0.25, 0.3) is 0 Å². The molecule has 0 fully saturated rings. The van der Waals surface area contributed by atoms with Crippen LogP contribution >= 0.6 is 11.8 Å². The van der Waals surface area contributed by atoms with E-state index in [1.54, 1.807) is 12.2 Å². The summed E-state index contributed by atoms with van der Waals surface area (Å²) in [6, 6.07) is -2.08. The quantitative estimate of drug-likeness (QED) is 0.139. The number of rotatable bonds is 13. The third-order valence-corrected chi connectivity index (χ3v) is 4.05. The van der Waals surface area contributed by atoms with Crippen LogP contribution in [-0.2, 0) is 23.9 Å². The fourth-order valence-corrected chi connectivity index (χ4v) is 2.49. The Balaban J connectivity index is 4.61. The Morgan fingerprint density at radius 2 is 1.96 bits per heavy atom. The lowest BCUT2D eigenvalue weighted by Crippen LogP contribution is -2.49. The van der Waals surface area contributed by atoms with E-state index in [2.05, 4.69) is 15.4 Å². The van der Waals surface area contributed by atoms with Crippen LogP contribution in [0.1, 0.15) is 12.8 Å². The summed E-state index contributed by atoms with van der Waals surface area (Å²) in [5.74, 6) is -2.19. The molecule has 0 aliphatic carbocycles. The molecule has 0 heterocycles. The molecule has 0 radical (unpaired) electrons. The Hall–Kier alpha value is -2.11. The van der Waals surface area contributed by atoms with Gasteiger partial charge in [0.25, 0.3) is 0 Å². The normalized spacial score (nSPS) is 13.0. The second-order valence-electron chi connectivity index (χ2n) is 5.09. The van der Waals surface area contributed by atoms with Crippen LogP contribution in [0.4, 0.5) is 0 Å². The number of methoxy groups -OCH3 is 1. The second kappa shape index (κ2) is 14.1. The maximum absolute atomic E-state index is 12.1. The monoisotopic (exact) mass is 391 g/mol. The predicted molar refractivity (Wildman–Crippen MR) is 95.4 cm³/mol. The highest BCUT2D eigenvalue weighted by Crippen LogP contribution is 2.05. The first-order chi connectivity index (χ1) is 12.3. The lowest BCUT2D eigenvalue weighted by molar-refractivity contribution is -0.141. The largest absolute Gasteiger partial charge is 0.480 e. The van der Waals surface area contributed by atoms with Crippen LogP contribution < -0.4 is 16.4 Å². The van der Waals surface area contributed by atoms with Crippen molar-refractivity contribution in [3.05, 3.63) is 12.2 Å². The minimum Gasteiger partial charge on any atom is -0.480 e. The molecule has 11 heteroatoms. The summed E-state index contributed by atoms with van der Waals surface area (Å²) in [5.41, 5.74) is 5.34. The number of carboxylic acid groups (broad SMARTS) is 1. The molecule has 2 atom stereocenters. The molecule has 0 saturated heterocycles. The molecule has 0 rings (SSSR count). The third kappa shape index (κ3) is 11.4. The minimum atomic E-state index is -1.21. The van der Waals surface area contributed by atoms with E-state index in [9.17, 15) is 19.2 Å². The maximum Gasteiger partial charge on any atom is 0.325 e. The van der Waals surface area contributed by atoms with E-state index in [-0.39, 0.29) is 31.7 Å². The number of carbonyl (C=O) groups excluding carboxylic acids is 3. The number of esters is 1. The van der Waals surface area contributed by atoms with Crippen molar-refractivity contribution in [1.82, 2.24) is 10.6 Å². The molecule has 0 saturated carbocycles. The van der Waals surface area contributed by atoms with Crippen LogP contribution in [0.3, 0.4) is 0 Å². The molecule has 0 spiro atoms. The average molecular weight is 391 g/mol. The standard InChI is InChI=1S/C15H25N3O7S/c1-25-13(21)8-17-14(22)11(9-26-7-3-2-6-19)18-12(20)5-4-10(16)15(23)24/h2-3,10-11,19H,4-9,16H2,1H3,(H,17,22)(H,18,20)(H,23,24)/b3-2+/t10-,11-/m0/s1. The van der Waals surface area contributed by atoms with Crippen LogP contribution in [0.2, 0.25) is 0 Å². The summed E-state index contributed by atoms with van der Waals surface area (Å²) in [6.07, 6.45) is 3.04. The Morgan fingerprint density at radius 3 is 2.54 bits per heavy atom. The van der Waals surface area contributed by atoms with Gasteiger partial charge in [-0.25, -0.2) is 0 Å². The van der Waals surface area contributed by atoms with Gasteiger partial charge in [0.1, 0.15) is 18.6 Å². The fourth-order valence-electron chi connectivity index (χ4n) is 1.61. The molecule has 0 aromatic carbocycles. The van der Waals surface area contributed by atoms with Crippen LogP contribution in [0.15, 0.2) is 12.2 Å². The number of nitrogens with two attached hydrogens (primary N) is 1. The maximum atomic E-state index is 12.1. The highest BCUT2D eigenvalue weighted by molar-refractivity contribution is 7.99. The summed E-state index contributed by atoms with van der Waals surface area (Å²) in [6.45, 7) is -0.426. The number of aliphatic hydroxyl groups excluding tert-OH is 1. The van der Waals surface area contributed by atoms with Crippen molar-refractivity contribution in [1.29, 1.82) is 0 Å². The van der Waals surface area contributed by atoms with Crippen molar-refractivity contribution >= 4 is 35.5 Å². The second-order valence-corrected chi connectivity index (χ2v) is 6.16. The van der Waals surface area contributed by atoms with E-state index in [1.165, 1.54) is 18.9 Å². The molecule has 2 amide bonds. The van der Waals surface area contributed by atoms with E-state index in [0.717, 1.165) is 0 Å². The summed E-state index contributed by atoms with van der Waals surface area (Å²) >= 11 is 1.33. The first kappa shape index (κ1) is 23.9. The van der Waals surface area contributed by atoms with Gasteiger partial charge in [0.05, 0.1) is 13.7 Å². The predicted octanol–water partition coefficient (Wildman–Crippen LogP) is -1.77. The first-order valence-electron chi connectivity index (χ1n) is 7.77. The van der Waals surface area contributed by atoms with E-state index >= 15 is 0 Å². The van der Waals surface area contributed by atoms with Gasteiger partial charge in [-0.3, -0.25) is 19.2 Å². The Bertz CT molecular complexity index is 513. The van der Waals surface area contributed by atoms with Gasteiger partial charge < -0.3 is 31.3 Å². The zero-order valence-electron chi connectivity index (χ0n) is 14.5. The van der Waals surface area contributed by atoms with Gasteiger partial charge in [-0.2, -0.15) is 11.8 Å². The van der Waals surface area contributed by atoms with Gasteiger partial charge in [0.15, 0.2) is 0 Å². The zero-order chi connectivity index (χ0) is 19.9. The fraction of sp³-hybridized carbons (Fsp3) is 0.600. The molecule has 6 N–H and O–H groups in total. The van der Waals surface area contributed by atoms with Crippen molar-refractivity contribution < 1.29 is 34.1 Å². The van der Waals surface area contributed by atoms with E-state index in [0.29, 0.717) is 5.75 Å². The molecule has 26 heavy (non-hydrogen) atoms. The van der Waals surface area contributed by atoms with Gasteiger partial charge in [-0.05, 0) is 6.42 Å². The molecule has 0 aromatic heterocycles. The Kier molecular flexibility index (Phi) is 13.0. The molecule has 148 valence electrons. The van der Waals surface area contributed by atoms with Gasteiger partial charge in [-0.1, -0.05) is 12.2 Å². The lowest BCUT2D eigenvalue weighted by atomic mass is 10.1. The summed E-state index contributed by atoms with van der Waals surface area (Å²) < 4.78 is 4.43. The number of carboxylic acids is 1. The number of aliphatic hydroxyl groups is 1. The van der Waals surface area contributed by atoms with Crippen molar-refractivity contribution in [2.75, 3.05) is 31.8 Å². The molecular weight excluding hydrogens is 366 g/mol. The molecule has 0 aliphatic rings. The SMILES string of the molecule is COC(=O)CNC(=O)[C@H](CSC/C=C/CO)NC(=O)CC[C@H](N)C(=O)O. The first-order valence-corrected chi connectivity index (χ1v) is 8.93. The molecular formula is C15H25N3O7S. The number of carbonyl (C=O) groups is 4. The highest BCUT2D eigenvalue weighted by atomic mass is 32.2. The molecule has 0 aromatic rings. The third-order valence-electron chi connectivity index (χ3n) is 3.06. The topological polar surface area (TPSA) is 168 Å². The number of aliphatic carboxylic acids is 1. The van der Waals surface area contributed by atoms with E-state index in [4.69, 9.17) is 15.9 Å². The minimum absolute atomic E-state index is 0.0654. The van der Waals surface area contributed by atoms with Gasteiger partial charge in [0, 0.05) is 17.9 Å². The summed E-state index contributed by atoms with van der Waals surface area (Å²) in [7, 11) is 1.18. The Labute approximate surface area is 155 Å². The number of amides is 2. The lowest BCUT2D eigenvalue weighted by Gasteiger charge is -2.18. The average Bonchev–Trinajstić information content (AvgIpc) is 2.62. The number of nitrogens with one attached hydrogen (secondary N) is 2. The smallest absolute Gasteiger partial charge is 0.325 e. The van der Waals surface area contributed by atoms with Crippen molar-refractivity contribution in [2.24, 2.45) is 5.73 Å². The number of thioether (sulfide) groups is 1. The van der Waals surface area contributed by atoms with Crippen LogP contribution in [0.5, 0.6) is 0 Å². The summed E-state index contributed by atoms with van der Waals surface area (Å²) in [4.78, 5) is 45.8. The highest BCUT2D eigenvalue weighted by Gasteiger charge is 2.22. The van der Waals surface area contributed by atoms with Gasteiger partial charge in [-0.15, -0.1) is 0 Å². The van der Waals surface area contributed by atoms with Crippen molar-refractivity contribution in [3.8, 4) is 0 Å². The van der Waals surface area contributed by atoms with Gasteiger partial charge >= 0.3 is 11.9 Å². The summed E-state index contributed by atoms with van der Waals surface area (Å²) in [5, 5.41) is 22.2. The number of ether oxygens (including phenoxy) is 1. The van der Waals surface area contributed by atoms with Crippen molar-refractivity contribution in [2.45, 2.75) is 24.9 Å². The molecule has 10 nitrogen and oxygen atoms in total. The van der Waals surface area contributed by atoms with E-state index in [1.807, 2.05) is 0 Å². The molecule has 0 unspecified atom stereocenters. The van der Waals surface area contributed by atoms with Crippen molar-refractivity contribution in [3.63, 3.8) is 0 Å². The molecule has 0 bridgehead atoms. The number of hydrogen-bond acceptors (Lipinski definition) is 8. The van der Waals surface area contributed by atoms with Crippen LogP contribution in [0, 0.1) is 0 Å². The number of hydrogen-bond donors (Lipinski definition) is 5. The molecule has 0 aliphatic heterocycles.